The van der Waals surface area contributed by atoms with E-state index >= 15 is 0 Å². The average Bonchev–Trinajstić information content (AvgIpc) is 3.15. The van der Waals surface area contributed by atoms with Gasteiger partial charge in [0.15, 0.2) is 0 Å². The van der Waals surface area contributed by atoms with Crippen molar-refractivity contribution in [2.45, 2.75) is 60.6 Å². The maximum absolute atomic E-state index is 13.6. The lowest BCUT2D eigenvalue weighted by Crippen LogP contribution is -2.29. The quantitative estimate of drug-likeness (QED) is 0.197. The van der Waals surface area contributed by atoms with E-state index in [1.165, 1.54) is 4.90 Å². The van der Waals surface area contributed by atoms with Crippen molar-refractivity contribution in [2.75, 3.05) is 22.9 Å². The van der Waals surface area contributed by atoms with Crippen molar-refractivity contribution < 1.29 is 19.4 Å². The standard InChI is InChI=1S/C33H38N2O4/c1-8-34(9-2)26-13-10-24(11-14-26)30-29(31(36)25-12-15-28(23(7)19-25)39-20(3)4)32(37)33(38)35(30)27-17-21(5)16-22(6)18-27/h10-20,30,36H,8-9H2,1-7H3/b31-29-. The van der Waals surface area contributed by atoms with E-state index in [-0.39, 0.29) is 17.4 Å². The van der Waals surface area contributed by atoms with Gasteiger partial charge in [0.1, 0.15) is 11.5 Å². The third-order valence-corrected chi connectivity index (χ3v) is 7.08. The molecule has 0 bridgehead atoms. The minimum atomic E-state index is -0.774. The molecule has 0 spiro atoms. The van der Waals surface area contributed by atoms with E-state index in [0.717, 1.165) is 41.0 Å². The number of aliphatic hydroxyl groups excluding tert-OH is 1. The molecule has 1 fully saturated rings. The fourth-order valence-electron chi connectivity index (χ4n) is 5.30. The minimum Gasteiger partial charge on any atom is -0.507 e. The van der Waals surface area contributed by atoms with Crippen LogP contribution in [0.2, 0.25) is 0 Å². The third-order valence-electron chi connectivity index (χ3n) is 7.08. The van der Waals surface area contributed by atoms with Crippen molar-refractivity contribution in [3.8, 4) is 5.75 Å². The van der Waals surface area contributed by atoms with Crippen LogP contribution in [-0.2, 0) is 9.59 Å². The number of anilines is 2. The van der Waals surface area contributed by atoms with Crippen molar-refractivity contribution in [3.63, 3.8) is 0 Å². The van der Waals surface area contributed by atoms with Gasteiger partial charge in [0.05, 0.1) is 17.7 Å². The summed E-state index contributed by atoms with van der Waals surface area (Å²) in [6.45, 7) is 15.7. The molecule has 1 unspecified atom stereocenters. The highest BCUT2D eigenvalue weighted by atomic mass is 16.5. The number of rotatable bonds is 8. The summed E-state index contributed by atoms with van der Waals surface area (Å²) in [4.78, 5) is 30.9. The van der Waals surface area contributed by atoms with Crippen LogP contribution in [0.5, 0.6) is 5.75 Å². The zero-order valence-electron chi connectivity index (χ0n) is 23.9. The van der Waals surface area contributed by atoms with E-state index in [4.69, 9.17) is 4.74 Å². The molecule has 0 saturated carbocycles. The fraction of sp³-hybridized carbons (Fsp3) is 0.333. The maximum atomic E-state index is 13.6. The predicted molar refractivity (Wildman–Crippen MR) is 158 cm³/mol. The molecule has 1 aliphatic heterocycles. The van der Waals surface area contributed by atoms with Gasteiger partial charge < -0.3 is 14.7 Å². The highest BCUT2D eigenvalue weighted by molar-refractivity contribution is 6.51. The predicted octanol–water partition coefficient (Wildman–Crippen LogP) is 6.87. The van der Waals surface area contributed by atoms with E-state index in [2.05, 4.69) is 18.7 Å². The number of aryl methyl sites for hydroxylation is 3. The van der Waals surface area contributed by atoms with Crippen LogP contribution in [0.3, 0.4) is 0 Å². The first kappa shape index (κ1) is 28.0. The van der Waals surface area contributed by atoms with Crippen molar-refractivity contribution in [2.24, 2.45) is 0 Å². The average molecular weight is 527 g/mol. The molecule has 0 aromatic heterocycles. The van der Waals surface area contributed by atoms with Crippen molar-refractivity contribution in [1.82, 2.24) is 0 Å². The van der Waals surface area contributed by atoms with Crippen molar-refractivity contribution in [1.29, 1.82) is 0 Å². The van der Waals surface area contributed by atoms with Gasteiger partial charge in [0.2, 0.25) is 0 Å². The molecule has 3 aromatic carbocycles. The fourth-order valence-corrected chi connectivity index (χ4v) is 5.30. The summed E-state index contributed by atoms with van der Waals surface area (Å²) in [5.74, 6) is -0.849. The first-order valence-electron chi connectivity index (χ1n) is 13.6. The van der Waals surface area contributed by atoms with Gasteiger partial charge in [0.25, 0.3) is 11.7 Å². The van der Waals surface area contributed by atoms with Gasteiger partial charge >= 0.3 is 0 Å². The molecule has 1 atom stereocenters. The highest BCUT2D eigenvalue weighted by Gasteiger charge is 2.47. The molecule has 1 saturated heterocycles. The Morgan fingerprint density at radius 2 is 1.54 bits per heavy atom. The number of ether oxygens (including phenoxy) is 1. The van der Waals surface area contributed by atoms with Gasteiger partial charge in [-0.25, -0.2) is 0 Å². The third kappa shape index (κ3) is 5.56. The molecule has 0 radical (unpaired) electrons. The first-order chi connectivity index (χ1) is 18.5. The molecule has 1 amide bonds. The van der Waals surface area contributed by atoms with Crippen molar-refractivity contribution in [3.05, 3.63) is 94.1 Å². The van der Waals surface area contributed by atoms with Crippen molar-refractivity contribution >= 4 is 28.8 Å². The van der Waals surface area contributed by atoms with Crippen LogP contribution in [0.25, 0.3) is 5.76 Å². The largest absolute Gasteiger partial charge is 0.507 e. The topological polar surface area (TPSA) is 70.1 Å². The van der Waals surface area contributed by atoms with E-state index in [1.807, 2.05) is 77.1 Å². The number of benzene rings is 3. The molecular weight excluding hydrogens is 488 g/mol. The second-order valence-corrected chi connectivity index (χ2v) is 10.4. The van der Waals surface area contributed by atoms with Crippen LogP contribution in [0, 0.1) is 20.8 Å². The van der Waals surface area contributed by atoms with E-state index in [1.54, 1.807) is 18.2 Å². The Morgan fingerprint density at radius 3 is 2.08 bits per heavy atom. The molecule has 204 valence electrons. The molecule has 1 aliphatic rings. The molecule has 3 aromatic rings. The summed E-state index contributed by atoms with van der Waals surface area (Å²) in [6, 6.07) is 18.3. The summed E-state index contributed by atoms with van der Waals surface area (Å²) in [5, 5.41) is 11.6. The maximum Gasteiger partial charge on any atom is 0.300 e. The molecule has 1 heterocycles. The van der Waals surface area contributed by atoms with Gasteiger partial charge in [-0.2, -0.15) is 0 Å². The monoisotopic (exact) mass is 526 g/mol. The number of ketones is 1. The smallest absolute Gasteiger partial charge is 0.300 e. The summed E-state index contributed by atoms with van der Waals surface area (Å²) in [7, 11) is 0. The van der Waals surface area contributed by atoms with Gasteiger partial charge in [0, 0.05) is 30.0 Å². The molecule has 1 N–H and O–H groups in total. The van der Waals surface area contributed by atoms with Crippen LogP contribution in [0.4, 0.5) is 11.4 Å². The number of hydrogen-bond donors (Lipinski definition) is 1. The first-order valence-corrected chi connectivity index (χ1v) is 13.6. The Morgan fingerprint density at radius 1 is 0.923 bits per heavy atom. The Kier molecular flexibility index (Phi) is 8.14. The summed E-state index contributed by atoms with van der Waals surface area (Å²) in [5.41, 5.74) is 5.78. The number of aliphatic hydroxyl groups is 1. The summed E-state index contributed by atoms with van der Waals surface area (Å²) in [6.07, 6.45) is 0.00516. The second kappa shape index (κ2) is 11.4. The minimum absolute atomic E-state index is 0.00516. The summed E-state index contributed by atoms with van der Waals surface area (Å²) < 4.78 is 5.85. The van der Waals surface area contributed by atoms with Crippen LogP contribution < -0.4 is 14.5 Å². The lowest BCUT2D eigenvalue weighted by Gasteiger charge is -2.27. The molecule has 39 heavy (non-hydrogen) atoms. The Hall–Kier alpha value is -4.06. The summed E-state index contributed by atoms with van der Waals surface area (Å²) >= 11 is 0. The van der Waals surface area contributed by atoms with Crippen LogP contribution >= 0.6 is 0 Å². The normalized spacial score (nSPS) is 16.7. The number of carbonyl (C=O) groups is 2. The van der Waals surface area contributed by atoms with E-state index < -0.39 is 17.7 Å². The van der Waals surface area contributed by atoms with Crippen LogP contribution in [0.1, 0.15) is 61.6 Å². The number of nitrogens with zero attached hydrogens (tertiary/aromatic N) is 2. The highest BCUT2D eigenvalue weighted by Crippen LogP contribution is 2.43. The Labute approximate surface area is 231 Å². The van der Waals surface area contributed by atoms with Crippen LogP contribution in [-0.4, -0.2) is 36.0 Å². The molecule has 6 heteroatoms. The van der Waals surface area contributed by atoms with Gasteiger partial charge in [-0.05, 0) is 113 Å². The Balaban J connectivity index is 1.90. The number of Topliss-reactive ketones (excluding diaryl/α,β-unsaturated/α-hetero) is 1. The second-order valence-electron chi connectivity index (χ2n) is 10.4. The molecular formula is C33H38N2O4. The number of amides is 1. The van der Waals surface area contributed by atoms with Gasteiger partial charge in [-0.1, -0.05) is 18.2 Å². The molecule has 6 nitrogen and oxygen atoms in total. The van der Waals surface area contributed by atoms with E-state index in [0.29, 0.717) is 17.0 Å². The van der Waals surface area contributed by atoms with E-state index in [9.17, 15) is 14.7 Å². The zero-order chi connectivity index (χ0) is 28.4. The number of carbonyl (C=O) groups excluding carboxylic acids is 2. The SMILES string of the molecule is CCN(CC)c1ccc(C2/C(=C(/O)c3ccc(OC(C)C)c(C)c3)C(=O)C(=O)N2c2cc(C)cc(C)c2)cc1. The van der Waals surface area contributed by atoms with Gasteiger partial charge in [-0.15, -0.1) is 0 Å². The molecule has 4 rings (SSSR count). The lowest BCUT2D eigenvalue weighted by molar-refractivity contribution is -0.132. The lowest BCUT2D eigenvalue weighted by atomic mass is 9.94. The molecule has 0 aliphatic carbocycles. The van der Waals surface area contributed by atoms with Gasteiger partial charge in [-0.3, -0.25) is 14.5 Å². The number of hydrogen-bond acceptors (Lipinski definition) is 5. The zero-order valence-corrected chi connectivity index (χ0v) is 23.9. The van der Waals surface area contributed by atoms with Crippen LogP contribution in [0.15, 0.2) is 66.2 Å². The Bertz CT molecular complexity index is 1400.